The van der Waals surface area contributed by atoms with E-state index >= 15 is 0 Å². The Hall–Kier alpha value is -3.21. The van der Waals surface area contributed by atoms with E-state index in [1.807, 2.05) is 6.07 Å². The standard InChI is InChI=1S/C20H17NO4/c1-3-25-20(24)17-11-15-9-10-16(12-22)21(15)18(13(17)2)19(23)14-7-5-4-6-8-14/h4-12H,3H2,1-2H3. The topological polar surface area (TPSA) is 64.8 Å². The van der Waals surface area contributed by atoms with Crippen LogP contribution in [0.3, 0.4) is 0 Å². The van der Waals surface area contributed by atoms with Gasteiger partial charge in [-0.15, -0.1) is 0 Å². The molecule has 3 aromatic rings. The summed E-state index contributed by atoms with van der Waals surface area (Å²) < 4.78 is 6.69. The second-order valence-corrected chi connectivity index (χ2v) is 5.58. The van der Waals surface area contributed by atoms with E-state index in [-0.39, 0.29) is 12.4 Å². The van der Waals surface area contributed by atoms with Gasteiger partial charge in [-0.1, -0.05) is 30.3 Å². The molecular formula is C20H17NO4. The Bertz CT molecular complexity index is 970. The zero-order valence-corrected chi connectivity index (χ0v) is 14.0. The molecule has 2 aromatic heterocycles. The van der Waals surface area contributed by atoms with E-state index in [0.717, 1.165) is 0 Å². The molecule has 0 aliphatic rings. The molecule has 0 unspecified atom stereocenters. The maximum Gasteiger partial charge on any atom is 0.338 e. The van der Waals surface area contributed by atoms with E-state index < -0.39 is 5.97 Å². The molecule has 0 N–H and O–H groups in total. The van der Waals surface area contributed by atoms with Gasteiger partial charge in [0.15, 0.2) is 6.29 Å². The third-order valence-electron chi connectivity index (χ3n) is 4.08. The van der Waals surface area contributed by atoms with Crippen LogP contribution < -0.4 is 0 Å². The van der Waals surface area contributed by atoms with Crippen LogP contribution in [0.5, 0.6) is 0 Å². The van der Waals surface area contributed by atoms with Crippen molar-refractivity contribution in [2.75, 3.05) is 6.61 Å². The van der Waals surface area contributed by atoms with E-state index in [4.69, 9.17) is 4.74 Å². The van der Waals surface area contributed by atoms with Crippen LogP contribution in [-0.2, 0) is 4.74 Å². The SMILES string of the molecule is CCOC(=O)c1cc2ccc(C=O)n2c(C(=O)c2ccccc2)c1C. The van der Waals surface area contributed by atoms with Crippen LogP contribution in [0.4, 0.5) is 0 Å². The molecule has 0 atom stereocenters. The van der Waals surface area contributed by atoms with E-state index in [1.54, 1.807) is 60.7 Å². The summed E-state index contributed by atoms with van der Waals surface area (Å²) in [7, 11) is 0. The molecule has 0 aliphatic carbocycles. The Labute approximate surface area is 144 Å². The predicted molar refractivity (Wildman–Crippen MR) is 93.4 cm³/mol. The Morgan fingerprint density at radius 3 is 2.48 bits per heavy atom. The van der Waals surface area contributed by atoms with Crippen molar-refractivity contribution < 1.29 is 19.1 Å². The van der Waals surface area contributed by atoms with Crippen molar-refractivity contribution in [1.29, 1.82) is 0 Å². The van der Waals surface area contributed by atoms with Gasteiger partial charge in [0.2, 0.25) is 5.78 Å². The molecule has 1 aromatic carbocycles. The molecule has 0 aliphatic heterocycles. The summed E-state index contributed by atoms with van der Waals surface area (Å²) in [5.41, 5.74) is 2.53. The first-order valence-corrected chi connectivity index (χ1v) is 7.95. The van der Waals surface area contributed by atoms with Crippen molar-refractivity contribution in [2.24, 2.45) is 0 Å². The summed E-state index contributed by atoms with van der Waals surface area (Å²) in [5.74, 6) is -0.744. The number of carbonyl (C=O) groups is 3. The molecule has 3 rings (SSSR count). The highest BCUT2D eigenvalue weighted by atomic mass is 16.5. The number of fused-ring (bicyclic) bond motifs is 1. The Balaban J connectivity index is 2.32. The summed E-state index contributed by atoms with van der Waals surface area (Å²) >= 11 is 0. The number of aromatic nitrogens is 1. The third kappa shape index (κ3) is 2.85. The van der Waals surface area contributed by atoms with Gasteiger partial charge in [0.25, 0.3) is 0 Å². The number of aldehydes is 1. The fraction of sp³-hybridized carbons (Fsp3) is 0.150. The third-order valence-corrected chi connectivity index (χ3v) is 4.08. The highest BCUT2D eigenvalue weighted by molar-refractivity contribution is 6.11. The lowest BCUT2D eigenvalue weighted by Crippen LogP contribution is -2.16. The van der Waals surface area contributed by atoms with Gasteiger partial charge in [-0.25, -0.2) is 4.79 Å². The van der Waals surface area contributed by atoms with Crippen LogP contribution in [-0.4, -0.2) is 29.0 Å². The van der Waals surface area contributed by atoms with Crippen molar-refractivity contribution in [3.05, 3.63) is 76.6 Å². The fourth-order valence-corrected chi connectivity index (χ4v) is 2.90. The Morgan fingerprint density at radius 2 is 1.84 bits per heavy atom. The van der Waals surface area contributed by atoms with Crippen molar-refractivity contribution in [2.45, 2.75) is 13.8 Å². The largest absolute Gasteiger partial charge is 0.462 e. The lowest BCUT2D eigenvalue weighted by Gasteiger charge is -2.14. The van der Waals surface area contributed by atoms with E-state index in [1.165, 1.54) is 0 Å². The molecule has 0 saturated carbocycles. The molecular weight excluding hydrogens is 318 g/mol. The highest BCUT2D eigenvalue weighted by Gasteiger charge is 2.23. The average molecular weight is 335 g/mol. The molecule has 0 radical (unpaired) electrons. The van der Waals surface area contributed by atoms with Crippen LogP contribution in [0.1, 0.15) is 49.4 Å². The number of hydrogen-bond acceptors (Lipinski definition) is 4. The second kappa shape index (κ2) is 6.73. The molecule has 5 nitrogen and oxygen atoms in total. The number of nitrogens with zero attached hydrogens (tertiary/aromatic N) is 1. The quantitative estimate of drug-likeness (QED) is 0.407. The maximum atomic E-state index is 13.1. The van der Waals surface area contributed by atoms with Gasteiger partial charge in [0, 0.05) is 11.1 Å². The molecule has 0 amide bonds. The minimum atomic E-state index is -0.488. The lowest BCUT2D eigenvalue weighted by atomic mass is 10.00. The van der Waals surface area contributed by atoms with Crippen molar-refractivity contribution in [3.63, 3.8) is 0 Å². The summed E-state index contributed by atoms with van der Waals surface area (Å²) in [5, 5.41) is 0. The monoisotopic (exact) mass is 335 g/mol. The maximum absolute atomic E-state index is 13.1. The molecule has 0 fully saturated rings. The van der Waals surface area contributed by atoms with Crippen LogP contribution in [0.2, 0.25) is 0 Å². The smallest absolute Gasteiger partial charge is 0.338 e. The van der Waals surface area contributed by atoms with Gasteiger partial charge in [-0.05, 0) is 37.6 Å². The number of ether oxygens (including phenoxy) is 1. The zero-order valence-electron chi connectivity index (χ0n) is 14.0. The number of esters is 1. The van der Waals surface area contributed by atoms with Crippen LogP contribution in [0.15, 0.2) is 48.5 Å². The summed E-state index contributed by atoms with van der Waals surface area (Å²) in [6, 6.07) is 13.7. The average Bonchev–Trinajstić information content (AvgIpc) is 3.04. The Morgan fingerprint density at radius 1 is 1.12 bits per heavy atom. The molecule has 0 saturated heterocycles. The van der Waals surface area contributed by atoms with Gasteiger partial charge in [-0.2, -0.15) is 0 Å². The van der Waals surface area contributed by atoms with Crippen LogP contribution in [0.25, 0.3) is 5.52 Å². The lowest BCUT2D eigenvalue weighted by molar-refractivity contribution is 0.0525. The fourth-order valence-electron chi connectivity index (χ4n) is 2.90. The number of carbonyl (C=O) groups excluding carboxylic acids is 3. The van der Waals surface area contributed by atoms with Gasteiger partial charge in [-0.3, -0.25) is 9.59 Å². The first kappa shape index (κ1) is 16.6. The number of hydrogen-bond donors (Lipinski definition) is 0. The van der Waals surface area contributed by atoms with Crippen molar-refractivity contribution >= 4 is 23.6 Å². The minimum Gasteiger partial charge on any atom is -0.462 e. The zero-order chi connectivity index (χ0) is 18.0. The highest BCUT2D eigenvalue weighted by Crippen LogP contribution is 2.24. The Kier molecular flexibility index (Phi) is 4.48. The molecule has 2 heterocycles. The van der Waals surface area contributed by atoms with Gasteiger partial charge in [0.05, 0.1) is 23.6 Å². The van der Waals surface area contributed by atoms with Crippen molar-refractivity contribution in [1.82, 2.24) is 4.40 Å². The van der Waals surface area contributed by atoms with Gasteiger partial charge in [0.1, 0.15) is 0 Å². The van der Waals surface area contributed by atoms with E-state index in [9.17, 15) is 14.4 Å². The summed E-state index contributed by atoms with van der Waals surface area (Å²) in [6.45, 7) is 3.66. The predicted octanol–water partition coefficient (Wildman–Crippen LogP) is 3.47. The number of rotatable bonds is 5. The molecule has 0 spiro atoms. The minimum absolute atomic E-state index is 0.242. The van der Waals surface area contributed by atoms with Crippen molar-refractivity contribution in [3.8, 4) is 0 Å². The van der Waals surface area contributed by atoms with Crippen LogP contribution in [0, 0.1) is 6.92 Å². The molecule has 25 heavy (non-hydrogen) atoms. The van der Waals surface area contributed by atoms with Gasteiger partial charge >= 0.3 is 5.97 Å². The molecule has 0 bridgehead atoms. The number of ketones is 1. The van der Waals surface area contributed by atoms with E-state index in [2.05, 4.69) is 0 Å². The summed E-state index contributed by atoms with van der Waals surface area (Å²) in [6.07, 6.45) is 0.693. The number of pyridine rings is 1. The normalized spacial score (nSPS) is 10.6. The van der Waals surface area contributed by atoms with Crippen LogP contribution >= 0.6 is 0 Å². The van der Waals surface area contributed by atoms with E-state index in [0.29, 0.717) is 39.9 Å². The summed E-state index contributed by atoms with van der Waals surface area (Å²) in [4.78, 5) is 36.8. The van der Waals surface area contributed by atoms with Gasteiger partial charge < -0.3 is 9.14 Å². The first-order valence-electron chi connectivity index (χ1n) is 7.95. The number of benzene rings is 1. The first-order chi connectivity index (χ1) is 12.1. The molecule has 126 valence electrons. The molecule has 5 heteroatoms. The second-order valence-electron chi connectivity index (χ2n) is 5.58.